The highest BCUT2D eigenvalue weighted by molar-refractivity contribution is 6.61. The van der Waals surface area contributed by atoms with E-state index in [0.29, 0.717) is 22.3 Å². The first-order chi connectivity index (χ1) is 10.3. The lowest BCUT2D eigenvalue weighted by Gasteiger charge is -2.33. The molecule has 0 heterocycles. The third kappa shape index (κ3) is 3.02. The summed E-state index contributed by atoms with van der Waals surface area (Å²) in [7, 11) is 0. The van der Waals surface area contributed by atoms with Crippen LogP contribution in [0.25, 0.3) is 0 Å². The number of hydrogen-bond donors (Lipinski definition) is 0. The lowest BCUT2D eigenvalue weighted by Crippen LogP contribution is -2.31. The van der Waals surface area contributed by atoms with E-state index in [1.54, 1.807) is 48.5 Å². The Morgan fingerprint density at radius 1 is 0.591 bits per heavy atom. The lowest BCUT2D eigenvalue weighted by atomic mass is 10.0. The predicted octanol–water partition coefficient (Wildman–Crippen LogP) is 5.39. The molecule has 0 fully saturated rings. The van der Waals surface area contributed by atoms with E-state index in [2.05, 4.69) is 0 Å². The predicted molar refractivity (Wildman–Crippen MR) is 89.1 cm³/mol. The molecule has 2 aromatic rings. The van der Waals surface area contributed by atoms with Gasteiger partial charge >= 0.3 is 0 Å². The minimum atomic E-state index is -1.64. The van der Waals surface area contributed by atoms with E-state index >= 15 is 0 Å². The first-order valence-corrected chi connectivity index (χ1v) is 7.61. The van der Waals surface area contributed by atoms with E-state index in [9.17, 15) is 0 Å². The summed E-state index contributed by atoms with van der Waals surface area (Å²) >= 11 is 25.6. The first-order valence-electron chi connectivity index (χ1n) is 6.10. The molecule has 0 saturated carbocycles. The Kier molecular flexibility index (Phi) is 4.90. The number of alkyl halides is 4. The number of halogens is 4. The minimum absolute atomic E-state index is 0.462. The van der Waals surface area contributed by atoms with Crippen molar-refractivity contribution in [3.05, 3.63) is 70.8 Å². The van der Waals surface area contributed by atoms with Crippen molar-refractivity contribution < 1.29 is 0 Å². The number of benzene rings is 2. The Morgan fingerprint density at radius 3 is 1.09 bits per heavy atom. The van der Waals surface area contributed by atoms with Crippen molar-refractivity contribution in [2.75, 3.05) is 0 Å². The molecule has 0 N–H and O–H groups in total. The summed E-state index contributed by atoms with van der Waals surface area (Å²) < 4.78 is -3.28. The molecule has 0 aliphatic rings. The number of hydrogen-bond acceptors (Lipinski definition) is 2. The smallest absolute Gasteiger partial charge is 0.180 e. The molecule has 0 amide bonds. The Balaban J connectivity index is 2.44. The van der Waals surface area contributed by atoms with E-state index in [-0.39, 0.29) is 0 Å². The Bertz CT molecular complexity index is 683. The van der Waals surface area contributed by atoms with E-state index in [0.717, 1.165) is 0 Å². The van der Waals surface area contributed by atoms with Crippen LogP contribution in [0, 0.1) is 22.7 Å². The molecule has 0 aromatic heterocycles. The third-order valence-electron chi connectivity index (χ3n) is 3.15. The SMILES string of the molecule is N#Cc1ccc(C(Cl)(Cl)C(Cl)(Cl)c2ccc(C#N)cc2)cc1. The van der Waals surface area contributed by atoms with Crippen molar-refractivity contribution in [1.29, 1.82) is 10.5 Å². The van der Waals surface area contributed by atoms with E-state index in [1.807, 2.05) is 12.1 Å². The molecule has 0 bridgehead atoms. The fraction of sp³-hybridized carbons (Fsp3) is 0.125. The molecule has 22 heavy (non-hydrogen) atoms. The summed E-state index contributed by atoms with van der Waals surface area (Å²) in [6.07, 6.45) is 0. The summed E-state index contributed by atoms with van der Waals surface area (Å²) in [5.41, 5.74) is 1.87. The van der Waals surface area contributed by atoms with Crippen LogP contribution >= 0.6 is 46.4 Å². The highest BCUT2D eigenvalue weighted by atomic mass is 35.5. The fourth-order valence-electron chi connectivity index (χ4n) is 1.87. The van der Waals surface area contributed by atoms with Gasteiger partial charge in [0.1, 0.15) is 0 Å². The molecular weight excluding hydrogens is 362 g/mol. The quantitative estimate of drug-likeness (QED) is 0.680. The van der Waals surface area contributed by atoms with Gasteiger partial charge in [-0.25, -0.2) is 0 Å². The van der Waals surface area contributed by atoms with E-state index < -0.39 is 8.67 Å². The maximum atomic E-state index is 8.82. The second kappa shape index (κ2) is 6.37. The van der Waals surface area contributed by atoms with Crippen LogP contribution in [-0.4, -0.2) is 0 Å². The average Bonchev–Trinajstić information content (AvgIpc) is 2.54. The standard InChI is InChI=1S/C16H8Cl4N2/c17-15(18,13-5-1-11(9-21)2-6-13)16(19,20)14-7-3-12(10-22)4-8-14/h1-8H. The van der Waals surface area contributed by atoms with E-state index in [4.69, 9.17) is 56.9 Å². The summed E-state index contributed by atoms with van der Waals surface area (Å²) in [5.74, 6) is 0. The zero-order valence-corrected chi connectivity index (χ0v) is 14.0. The van der Waals surface area contributed by atoms with Gasteiger partial charge in [0.05, 0.1) is 23.3 Å². The fourth-order valence-corrected chi connectivity index (χ4v) is 2.81. The maximum Gasteiger partial charge on any atom is 0.180 e. The van der Waals surface area contributed by atoms with Gasteiger partial charge in [0.2, 0.25) is 0 Å². The first kappa shape index (κ1) is 16.9. The zero-order valence-electron chi connectivity index (χ0n) is 11.0. The molecule has 0 aliphatic heterocycles. The van der Waals surface area contributed by atoms with Crippen LogP contribution in [-0.2, 0) is 8.67 Å². The average molecular weight is 370 g/mol. The second-order valence-corrected chi connectivity index (χ2v) is 7.18. The maximum absolute atomic E-state index is 8.82. The molecule has 0 aliphatic carbocycles. The van der Waals surface area contributed by atoms with Crippen LogP contribution in [0.1, 0.15) is 22.3 Å². The van der Waals surface area contributed by atoms with Crippen molar-refractivity contribution in [1.82, 2.24) is 0 Å². The van der Waals surface area contributed by atoms with Gasteiger partial charge in [-0.3, -0.25) is 0 Å². The Hall–Kier alpha value is -1.42. The summed E-state index contributed by atoms with van der Waals surface area (Å²) in [5, 5.41) is 17.6. The molecule has 2 rings (SSSR count). The van der Waals surface area contributed by atoms with Crippen LogP contribution in [0.15, 0.2) is 48.5 Å². The van der Waals surface area contributed by atoms with Crippen molar-refractivity contribution in [3.8, 4) is 12.1 Å². The zero-order chi connectivity index (χ0) is 16.4. The highest BCUT2D eigenvalue weighted by Gasteiger charge is 2.49. The molecule has 0 atom stereocenters. The van der Waals surface area contributed by atoms with Crippen LogP contribution in [0.2, 0.25) is 0 Å². The van der Waals surface area contributed by atoms with Crippen LogP contribution in [0.5, 0.6) is 0 Å². The topological polar surface area (TPSA) is 47.6 Å². The van der Waals surface area contributed by atoms with Gasteiger partial charge in [0, 0.05) is 0 Å². The molecule has 6 heteroatoms. The van der Waals surface area contributed by atoms with Crippen molar-refractivity contribution in [3.63, 3.8) is 0 Å². The molecule has 0 spiro atoms. The molecule has 110 valence electrons. The van der Waals surface area contributed by atoms with Gasteiger partial charge in [-0.2, -0.15) is 10.5 Å². The van der Waals surface area contributed by atoms with Crippen molar-refractivity contribution in [2.45, 2.75) is 8.67 Å². The van der Waals surface area contributed by atoms with Crippen LogP contribution in [0.3, 0.4) is 0 Å². The van der Waals surface area contributed by atoms with Gasteiger partial charge in [-0.1, -0.05) is 70.7 Å². The van der Waals surface area contributed by atoms with Crippen molar-refractivity contribution >= 4 is 46.4 Å². The van der Waals surface area contributed by atoms with Crippen LogP contribution in [0.4, 0.5) is 0 Å². The Morgan fingerprint density at radius 2 is 0.864 bits per heavy atom. The van der Waals surface area contributed by atoms with E-state index in [1.165, 1.54) is 0 Å². The summed E-state index contributed by atoms with van der Waals surface area (Å²) in [6, 6.07) is 16.7. The van der Waals surface area contributed by atoms with Gasteiger partial charge in [-0.15, -0.1) is 0 Å². The van der Waals surface area contributed by atoms with Crippen LogP contribution < -0.4 is 0 Å². The van der Waals surface area contributed by atoms with Gasteiger partial charge in [-0.05, 0) is 35.4 Å². The number of nitrogens with zero attached hydrogens (tertiary/aromatic N) is 2. The molecular formula is C16H8Cl4N2. The Labute approximate surface area is 148 Å². The summed E-state index contributed by atoms with van der Waals surface area (Å²) in [4.78, 5) is 0. The largest absolute Gasteiger partial charge is 0.192 e. The monoisotopic (exact) mass is 368 g/mol. The number of rotatable bonds is 3. The van der Waals surface area contributed by atoms with Crippen molar-refractivity contribution in [2.24, 2.45) is 0 Å². The molecule has 0 radical (unpaired) electrons. The van der Waals surface area contributed by atoms with Gasteiger partial charge in [0.15, 0.2) is 8.67 Å². The molecule has 0 saturated heterocycles. The minimum Gasteiger partial charge on any atom is -0.192 e. The normalized spacial score (nSPS) is 11.5. The molecule has 0 unspecified atom stereocenters. The molecule has 2 nitrogen and oxygen atoms in total. The molecule has 2 aromatic carbocycles. The summed E-state index contributed by atoms with van der Waals surface area (Å²) in [6.45, 7) is 0. The third-order valence-corrected chi connectivity index (χ3v) is 5.54. The van der Waals surface area contributed by atoms with Gasteiger partial charge < -0.3 is 0 Å². The second-order valence-electron chi connectivity index (χ2n) is 4.53. The number of nitriles is 2. The van der Waals surface area contributed by atoms with Gasteiger partial charge in [0.25, 0.3) is 0 Å². The lowest BCUT2D eigenvalue weighted by molar-refractivity contribution is 0.732. The highest BCUT2D eigenvalue weighted by Crippen LogP contribution is 2.56.